The Kier molecular flexibility index (Phi) is 4.88. The maximum Gasteiger partial charge on any atom is 0.338 e. The fraction of sp³-hybridized carbons (Fsp3) is 0.286. The highest BCUT2D eigenvalue weighted by Crippen LogP contribution is 2.32. The van der Waals surface area contributed by atoms with Gasteiger partial charge in [-0.25, -0.2) is 4.79 Å². The average molecular weight is 393 g/mol. The molecule has 28 heavy (non-hydrogen) atoms. The molecule has 7 heteroatoms. The molecular formula is C21H19N3O3S. The van der Waals surface area contributed by atoms with Gasteiger partial charge in [-0.2, -0.15) is 5.26 Å². The number of benzene rings is 1. The highest BCUT2D eigenvalue weighted by Gasteiger charge is 2.21. The summed E-state index contributed by atoms with van der Waals surface area (Å²) in [5, 5.41) is 14.8. The Labute approximate surface area is 166 Å². The first-order valence-electron chi connectivity index (χ1n) is 9.13. The fourth-order valence-corrected chi connectivity index (χ4v) is 4.34. The topological polar surface area (TPSA) is 95.0 Å². The molecule has 1 aliphatic carbocycles. The summed E-state index contributed by atoms with van der Waals surface area (Å²) in [6.45, 7) is 1.84. The normalized spacial score (nSPS) is 15.6. The maximum absolute atomic E-state index is 12.4. The number of nitriles is 1. The lowest BCUT2D eigenvalue weighted by molar-refractivity contribution is -0.119. The van der Waals surface area contributed by atoms with Gasteiger partial charge in [-0.1, -0.05) is 6.92 Å². The Morgan fingerprint density at radius 2 is 2.25 bits per heavy atom. The van der Waals surface area contributed by atoms with E-state index in [4.69, 9.17) is 10.00 Å². The van der Waals surface area contributed by atoms with Crippen LogP contribution in [0, 0.1) is 17.2 Å². The van der Waals surface area contributed by atoms with E-state index in [1.54, 1.807) is 17.5 Å². The average Bonchev–Trinajstić information content (AvgIpc) is 3.29. The van der Waals surface area contributed by atoms with Crippen LogP contribution in [0.2, 0.25) is 0 Å². The minimum absolute atomic E-state index is 0.390. The number of nitrogens with one attached hydrogen (secondary N) is 2. The molecule has 1 unspecified atom stereocenters. The van der Waals surface area contributed by atoms with Crippen LogP contribution in [0.15, 0.2) is 29.6 Å². The van der Waals surface area contributed by atoms with E-state index in [9.17, 15) is 9.59 Å². The Morgan fingerprint density at radius 3 is 3.07 bits per heavy atom. The largest absolute Gasteiger partial charge is 0.452 e. The predicted molar refractivity (Wildman–Crippen MR) is 107 cm³/mol. The number of H-pyrrole nitrogens is 1. The molecule has 0 saturated heterocycles. The van der Waals surface area contributed by atoms with Gasteiger partial charge in [0, 0.05) is 16.6 Å². The molecule has 0 saturated carbocycles. The van der Waals surface area contributed by atoms with Gasteiger partial charge in [-0.05, 0) is 60.4 Å². The van der Waals surface area contributed by atoms with E-state index in [-0.39, 0.29) is 0 Å². The lowest BCUT2D eigenvalue weighted by Gasteiger charge is -2.18. The van der Waals surface area contributed by atoms with Crippen molar-refractivity contribution in [1.29, 1.82) is 5.26 Å². The number of aryl methyl sites for hydroxylation is 1. The first-order chi connectivity index (χ1) is 13.5. The Bertz CT molecular complexity index is 1110. The smallest absolute Gasteiger partial charge is 0.338 e. The minimum atomic E-state index is -0.539. The third-order valence-corrected chi connectivity index (χ3v) is 5.87. The number of amides is 1. The van der Waals surface area contributed by atoms with Gasteiger partial charge in [-0.15, -0.1) is 11.3 Å². The summed E-state index contributed by atoms with van der Waals surface area (Å²) in [4.78, 5) is 27.9. The summed E-state index contributed by atoms with van der Waals surface area (Å²) in [5.74, 6) is -0.384. The molecule has 0 radical (unpaired) electrons. The number of rotatable bonds is 4. The van der Waals surface area contributed by atoms with Gasteiger partial charge in [0.15, 0.2) is 6.61 Å². The second-order valence-electron chi connectivity index (χ2n) is 7.09. The lowest BCUT2D eigenvalue weighted by atomic mass is 9.87. The molecule has 142 valence electrons. The SMILES string of the molecule is CC1CCc2[nH]c3ccc(C(=O)OCC(=O)Nc4sccc4C#N)cc3c2C1. The summed E-state index contributed by atoms with van der Waals surface area (Å²) in [5.41, 5.74) is 4.37. The van der Waals surface area contributed by atoms with Crippen LogP contribution in [0.25, 0.3) is 10.9 Å². The van der Waals surface area contributed by atoms with Crippen molar-refractivity contribution in [2.24, 2.45) is 5.92 Å². The molecule has 0 aliphatic heterocycles. The number of carbonyl (C=O) groups is 2. The zero-order valence-electron chi connectivity index (χ0n) is 15.4. The number of aromatic amines is 1. The van der Waals surface area contributed by atoms with Crippen molar-refractivity contribution in [3.63, 3.8) is 0 Å². The molecule has 1 atom stereocenters. The summed E-state index contributed by atoms with van der Waals surface area (Å²) < 4.78 is 5.16. The number of aromatic nitrogens is 1. The molecule has 3 aromatic rings. The highest BCUT2D eigenvalue weighted by atomic mass is 32.1. The van der Waals surface area contributed by atoms with Crippen molar-refractivity contribution in [3.05, 3.63) is 52.0 Å². The van der Waals surface area contributed by atoms with Gasteiger partial charge < -0.3 is 15.0 Å². The molecule has 6 nitrogen and oxygen atoms in total. The second-order valence-corrected chi connectivity index (χ2v) is 8.01. The molecule has 2 aromatic heterocycles. The van der Waals surface area contributed by atoms with E-state index in [0.29, 0.717) is 22.0 Å². The van der Waals surface area contributed by atoms with Gasteiger partial charge in [-0.3, -0.25) is 4.79 Å². The zero-order chi connectivity index (χ0) is 19.7. The van der Waals surface area contributed by atoms with Crippen molar-refractivity contribution >= 4 is 39.1 Å². The Morgan fingerprint density at radius 1 is 1.39 bits per heavy atom. The Balaban J connectivity index is 1.45. The fourth-order valence-electron chi connectivity index (χ4n) is 3.59. The number of esters is 1. The molecule has 1 amide bonds. The molecule has 1 aromatic carbocycles. The van der Waals surface area contributed by atoms with E-state index >= 15 is 0 Å². The molecule has 1 aliphatic rings. The summed E-state index contributed by atoms with van der Waals surface area (Å²) in [6.07, 6.45) is 3.19. The number of anilines is 1. The van der Waals surface area contributed by atoms with E-state index < -0.39 is 18.5 Å². The number of hydrogen-bond acceptors (Lipinski definition) is 5. The van der Waals surface area contributed by atoms with E-state index in [2.05, 4.69) is 17.2 Å². The number of fused-ring (bicyclic) bond motifs is 3. The lowest BCUT2D eigenvalue weighted by Crippen LogP contribution is -2.20. The quantitative estimate of drug-likeness (QED) is 0.655. The van der Waals surface area contributed by atoms with Crippen LogP contribution in [-0.2, 0) is 22.4 Å². The van der Waals surface area contributed by atoms with Crippen LogP contribution < -0.4 is 5.32 Å². The van der Waals surface area contributed by atoms with Gasteiger partial charge >= 0.3 is 5.97 Å². The number of thiophene rings is 1. The molecule has 0 spiro atoms. The van der Waals surface area contributed by atoms with Crippen molar-refractivity contribution < 1.29 is 14.3 Å². The third kappa shape index (κ3) is 3.51. The highest BCUT2D eigenvalue weighted by molar-refractivity contribution is 7.14. The van der Waals surface area contributed by atoms with Crippen LogP contribution in [0.5, 0.6) is 0 Å². The molecular weight excluding hydrogens is 374 g/mol. The van der Waals surface area contributed by atoms with Gasteiger partial charge in [0.1, 0.15) is 11.1 Å². The standard InChI is InChI=1S/C21H19N3O3S/c1-12-2-4-17-15(8-12)16-9-13(3-5-18(16)23-17)21(26)27-11-19(25)24-20-14(10-22)6-7-28-20/h3,5-7,9,12,23H,2,4,8,11H2,1H3,(H,24,25). The van der Waals surface area contributed by atoms with E-state index in [1.165, 1.54) is 29.0 Å². The molecule has 0 fully saturated rings. The maximum atomic E-state index is 12.4. The van der Waals surface area contributed by atoms with Gasteiger partial charge in [0.25, 0.3) is 5.91 Å². The van der Waals surface area contributed by atoms with Crippen LogP contribution >= 0.6 is 11.3 Å². The van der Waals surface area contributed by atoms with Crippen molar-refractivity contribution in [2.45, 2.75) is 26.2 Å². The van der Waals surface area contributed by atoms with Crippen LogP contribution in [0.4, 0.5) is 5.00 Å². The molecule has 2 heterocycles. The minimum Gasteiger partial charge on any atom is -0.452 e. The van der Waals surface area contributed by atoms with E-state index in [0.717, 1.165) is 23.7 Å². The predicted octanol–water partition coefficient (Wildman–Crippen LogP) is 4.02. The van der Waals surface area contributed by atoms with Crippen LogP contribution in [0.1, 0.15) is 40.5 Å². The van der Waals surface area contributed by atoms with Gasteiger partial charge in [0.05, 0.1) is 11.1 Å². The van der Waals surface area contributed by atoms with Crippen molar-refractivity contribution in [1.82, 2.24) is 4.98 Å². The van der Waals surface area contributed by atoms with Crippen molar-refractivity contribution in [3.8, 4) is 6.07 Å². The number of ether oxygens (including phenoxy) is 1. The summed E-state index contributed by atoms with van der Waals surface area (Å²) in [6, 6.07) is 9.07. The number of nitrogens with zero attached hydrogens (tertiary/aromatic N) is 1. The molecule has 2 N–H and O–H groups in total. The van der Waals surface area contributed by atoms with Crippen LogP contribution in [-0.4, -0.2) is 23.5 Å². The number of carbonyl (C=O) groups excluding carboxylic acids is 2. The monoisotopic (exact) mass is 393 g/mol. The van der Waals surface area contributed by atoms with Crippen molar-refractivity contribution in [2.75, 3.05) is 11.9 Å². The molecule has 0 bridgehead atoms. The zero-order valence-corrected chi connectivity index (χ0v) is 16.2. The Hall–Kier alpha value is -3.11. The summed E-state index contributed by atoms with van der Waals surface area (Å²) >= 11 is 1.25. The van der Waals surface area contributed by atoms with Crippen LogP contribution in [0.3, 0.4) is 0 Å². The first-order valence-corrected chi connectivity index (χ1v) is 10.0. The molecule has 4 rings (SSSR count). The first kappa shape index (κ1) is 18.3. The van der Waals surface area contributed by atoms with E-state index in [1.807, 2.05) is 18.2 Å². The number of hydrogen-bond donors (Lipinski definition) is 2. The van der Waals surface area contributed by atoms with Gasteiger partial charge in [0.2, 0.25) is 0 Å². The second kappa shape index (κ2) is 7.49. The summed E-state index contributed by atoms with van der Waals surface area (Å²) in [7, 11) is 0. The third-order valence-electron chi connectivity index (χ3n) is 5.04.